The SMILES string of the molecule is F[SiH2][SiH2][SiH3]. The van der Waals surface area contributed by atoms with E-state index in [1.807, 2.05) is 0 Å². The van der Waals surface area contributed by atoms with Gasteiger partial charge in [-0.25, -0.2) is 0 Å². The highest BCUT2D eigenvalue weighted by Gasteiger charge is 1.66. The maximum atomic E-state index is 11.0. The quantitative estimate of drug-likeness (QED) is 0.257. The summed E-state index contributed by atoms with van der Waals surface area (Å²) in [7, 11) is 0.376. The van der Waals surface area contributed by atoms with Gasteiger partial charge in [0.05, 0.1) is 0 Å². The second kappa shape index (κ2) is 3.58. The van der Waals surface area contributed by atoms with Crippen LogP contribution in [0.5, 0.6) is 0 Å². The zero-order valence-electron chi connectivity index (χ0n) is 2.79. The Balaban J connectivity index is 1.97. The fourth-order valence-corrected chi connectivity index (χ4v) is 0. The predicted octanol–water partition coefficient (Wildman–Crippen LogP) is -2.60. The summed E-state index contributed by atoms with van der Waals surface area (Å²) in [5.74, 6) is 0. The monoisotopic (exact) mass is 110 g/mol. The first-order chi connectivity index (χ1) is 1.91. The van der Waals surface area contributed by atoms with Crippen molar-refractivity contribution in [3.05, 3.63) is 0 Å². The van der Waals surface area contributed by atoms with Gasteiger partial charge in [-0.3, -0.25) is 0 Å². The molecule has 0 aliphatic heterocycles. The number of rotatable bonds is 1. The standard InChI is InChI=1S/FH7Si3/c1-3-4-2/h3-4H2,2H3. The molecule has 4 heavy (non-hydrogen) atoms. The summed E-state index contributed by atoms with van der Waals surface area (Å²) >= 11 is 0. The molecule has 0 unspecified atom stereocenters. The van der Waals surface area contributed by atoms with Crippen LogP contribution in [0.1, 0.15) is 0 Å². The summed E-state index contributed by atoms with van der Waals surface area (Å²) in [6, 6.07) is 0. The van der Waals surface area contributed by atoms with Gasteiger partial charge in [0.1, 0.15) is 0 Å². The average molecular weight is 110 g/mol. The highest BCUT2D eigenvalue weighted by Crippen LogP contribution is 1.42. The van der Waals surface area contributed by atoms with E-state index < -0.39 is 9.37 Å². The molecule has 0 aromatic carbocycles. The van der Waals surface area contributed by atoms with Gasteiger partial charge in [-0.2, -0.15) is 0 Å². The molecule has 0 aromatic heterocycles. The van der Waals surface area contributed by atoms with Gasteiger partial charge in [0.25, 0.3) is 0 Å². The third kappa shape index (κ3) is 2.58. The minimum atomic E-state index is -0.875. The summed E-state index contributed by atoms with van der Waals surface area (Å²) in [5.41, 5.74) is 0. The Bertz CT molecular complexity index is 5.25. The lowest BCUT2D eigenvalue weighted by molar-refractivity contribution is 0.893. The second-order valence-corrected chi connectivity index (χ2v) is 15.2. The van der Waals surface area contributed by atoms with E-state index in [4.69, 9.17) is 0 Å². The molecule has 0 radical (unpaired) electrons. The maximum Gasteiger partial charge on any atom is 0.193 e. The van der Waals surface area contributed by atoms with Crippen LogP contribution >= 0.6 is 0 Å². The minimum absolute atomic E-state index is 0.0355. The Morgan fingerprint density at radius 3 is 2.00 bits per heavy atom. The zero-order chi connectivity index (χ0) is 3.41. The molecule has 26 valence electrons. The first-order valence-electron chi connectivity index (χ1n) is 1.47. The van der Waals surface area contributed by atoms with Crippen molar-refractivity contribution in [3.63, 3.8) is 0 Å². The van der Waals surface area contributed by atoms with Crippen molar-refractivity contribution in [2.75, 3.05) is 0 Å². The molecule has 0 atom stereocenters. The molecular formula is H7FSi3. The molecule has 0 aliphatic carbocycles. The van der Waals surface area contributed by atoms with Gasteiger partial charge in [-0.15, -0.1) is 0 Å². The molecule has 0 amide bonds. The Labute approximate surface area is 32.6 Å². The second-order valence-electron chi connectivity index (χ2n) is 0.689. The lowest BCUT2D eigenvalue weighted by atomic mass is 18.9. The Morgan fingerprint density at radius 1 is 1.75 bits per heavy atom. The third-order valence-electron chi connectivity index (χ3n) is 0.189. The van der Waals surface area contributed by atoms with E-state index in [0.29, 0.717) is 0 Å². The van der Waals surface area contributed by atoms with Crippen molar-refractivity contribution in [2.45, 2.75) is 0 Å². The van der Waals surface area contributed by atoms with E-state index in [1.54, 1.807) is 0 Å². The molecule has 0 nitrogen and oxygen atoms in total. The lowest BCUT2D eigenvalue weighted by Gasteiger charge is -1.60. The molecule has 0 rings (SSSR count). The smallest absolute Gasteiger partial charge is 0.193 e. The van der Waals surface area contributed by atoms with Crippen LogP contribution in [-0.2, 0) is 0 Å². The Morgan fingerprint density at radius 2 is 2.00 bits per heavy atom. The maximum absolute atomic E-state index is 11.0. The fraction of sp³-hybridized carbons (Fsp3) is 0. The largest absolute Gasteiger partial charge is 0.327 e. The van der Waals surface area contributed by atoms with Gasteiger partial charge in [-0.05, 0) is 9.76 Å². The molecule has 0 heterocycles. The molecule has 0 spiro atoms. The molecule has 4 heteroatoms. The van der Waals surface area contributed by atoms with Crippen LogP contribution in [0, 0.1) is 0 Å². The van der Waals surface area contributed by atoms with Crippen molar-refractivity contribution in [3.8, 4) is 0 Å². The van der Waals surface area contributed by atoms with Gasteiger partial charge in [0.2, 0.25) is 0 Å². The van der Waals surface area contributed by atoms with E-state index in [0.717, 1.165) is 0 Å². The third-order valence-corrected chi connectivity index (χ3v) is 5.10. The zero-order valence-corrected chi connectivity index (χ0v) is 7.62. The molecule has 0 fully saturated rings. The Kier molecular flexibility index (Phi) is 4.10. The van der Waals surface area contributed by atoms with Crippen LogP contribution in [0.2, 0.25) is 0 Å². The number of hydrogen-bond donors (Lipinski definition) is 0. The summed E-state index contributed by atoms with van der Waals surface area (Å²) in [6.07, 6.45) is 0. The normalized spacial score (nSPS) is 14.2. The van der Waals surface area contributed by atoms with E-state index in [1.165, 1.54) is 9.76 Å². The highest BCUT2D eigenvalue weighted by atomic mass is 29.5. The molecular weight excluding hydrogens is 103 g/mol. The van der Waals surface area contributed by atoms with E-state index >= 15 is 0 Å². The van der Waals surface area contributed by atoms with Crippen molar-refractivity contribution >= 4 is 27.7 Å². The summed E-state index contributed by atoms with van der Waals surface area (Å²) in [5, 5.41) is 0. The van der Waals surface area contributed by atoms with Crippen LogP contribution in [0.4, 0.5) is 4.11 Å². The van der Waals surface area contributed by atoms with Crippen LogP contribution < -0.4 is 0 Å². The van der Waals surface area contributed by atoms with E-state index in [9.17, 15) is 4.11 Å². The highest BCUT2D eigenvalue weighted by molar-refractivity contribution is 7.21. The van der Waals surface area contributed by atoms with Crippen molar-refractivity contribution in [2.24, 2.45) is 0 Å². The average Bonchev–Trinajstić information content (AvgIpc) is 1.37. The van der Waals surface area contributed by atoms with Gasteiger partial charge >= 0.3 is 0 Å². The van der Waals surface area contributed by atoms with Crippen LogP contribution in [0.25, 0.3) is 0 Å². The van der Waals surface area contributed by atoms with E-state index in [-0.39, 0.29) is 8.55 Å². The van der Waals surface area contributed by atoms with Crippen LogP contribution in [-0.4, -0.2) is 27.7 Å². The van der Waals surface area contributed by atoms with E-state index in [2.05, 4.69) is 0 Å². The number of halogens is 1. The van der Waals surface area contributed by atoms with Gasteiger partial charge in [0.15, 0.2) is 9.37 Å². The summed E-state index contributed by atoms with van der Waals surface area (Å²) < 4.78 is 11.0. The van der Waals surface area contributed by atoms with Gasteiger partial charge in [-0.1, -0.05) is 0 Å². The summed E-state index contributed by atoms with van der Waals surface area (Å²) in [6.45, 7) is 0. The van der Waals surface area contributed by atoms with Crippen molar-refractivity contribution in [1.82, 2.24) is 0 Å². The first-order valence-corrected chi connectivity index (χ1v) is 11.7. The Hall–Kier alpha value is 0.581. The molecule has 0 aliphatic rings. The topological polar surface area (TPSA) is 0 Å². The molecule has 0 saturated heterocycles. The van der Waals surface area contributed by atoms with Gasteiger partial charge in [0, 0.05) is 8.55 Å². The molecule has 0 bridgehead atoms. The molecule has 0 aromatic rings. The number of hydrogen-bond acceptors (Lipinski definition) is 0. The lowest BCUT2D eigenvalue weighted by Crippen LogP contribution is -1.92. The van der Waals surface area contributed by atoms with Crippen LogP contribution in [0.3, 0.4) is 0 Å². The summed E-state index contributed by atoms with van der Waals surface area (Å²) in [4.78, 5) is 0. The predicted molar refractivity (Wildman–Crippen MR) is 28.1 cm³/mol. The van der Waals surface area contributed by atoms with Crippen molar-refractivity contribution in [1.29, 1.82) is 0 Å². The molecule has 0 saturated carbocycles. The minimum Gasteiger partial charge on any atom is -0.327 e. The van der Waals surface area contributed by atoms with Crippen LogP contribution in [0.15, 0.2) is 0 Å². The first kappa shape index (κ1) is 4.58. The van der Waals surface area contributed by atoms with Crippen molar-refractivity contribution < 1.29 is 4.11 Å². The molecule has 0 N–H and O–H groups in total. The van der Waals surface area contributed by atoms with Gasteiger partial charge < -0.3 is 4.11 Å². The fourth-order valence-electron chi connectivity index (χ4n) is 0.